The summed E-state index contributed by atoms with van der Waals surface area (Å²) in [5.41, 5.74) is 2.74. The van der Waals surface area contributed by atoms with Crippen LogP contribution in [0.15, 0.2) is 71.6 Å². The number of aryl methyl sites for hydroxylation is 2. The minimum Gasteiger partial charge on any atom is -0.355 e. The van der Waals surface area contributed by atoms with Crippen molar-refractivity contribution in [1.82, 2.24) is 10.2 Å². The molecule has 3 rings (SSSR count). The van der Waals surface area contributed by atoms with Crippen molar-refractivity contribution >= 4 is 50.7 Å². The van der Waals surface area contributed by atoms with E-state index < -0.39 is 28.5 Å². The first-order valence-corrected chi connectivity index (χ1v) is 14.3. The summed E-state index contributed by atoms with van der Waals surface area (Å²) in [6, 6.07) is 17.4. The highest BCUT2D eigenvalue weighted by atomic mass is 35.5. The van der Waals surface area contributed by atoms with Gasteiger partial charge in [-0.1, -0.05) is 59.1 Å². The zero-order chi connectivity index (χ0) is 28.0. The van der Waals surface area contributed by atoms with E-state index in [4.69, 9.17) is 23.2 Å². The molecule has 0 aliphatic rings. The summed E-state index contributed by atoms with van der Waals surface area (Å²) < 4.78 is 28.7. The number of hydrogen-bond donors (Lipinski definition) is 1. The highest BCUT2D eigenvalue weighted by molar-refractivity contribution is 7.92. The quantitative estimate of drug-likeness (QED) is 0.352. The molecule has 10 heteroatoms. The molecule has 0 spiro atoms. The monoisotopic (exact) mass is 575 g/mol. The molecule has 0 aromatic heterocycles. The molecule has 0 heterocycles. The normalized spacial score (nSPS) is 12.1. The maximum absolute atomic E-state index is 13.8. The van der Waals surface area contributed by atoms with Crippen molar-refractivity contribution < 1.29 is 18.0 Å². The second-order valence-corrected chi connectivity index (χ2v) is 11.7. The van der Waals surface area contributed by atoms with Crippen LogP contribution in [-0.4, -0.2) is 44.3 Å². The number of benzene rings is 3. The Morgan fingerprint density at radius 2 is 1.61 bits per heavy atom. The molecular weight excluding hydrogens is 545 g/mol. The minimum atomic E-state index is -4.11. The average molecular weight is 577 g/mol. The van der Waals surface area contributed by atoms with E-state index in [0.29, 0.717) is 27.8 Å². The van der Waals surface area contributed by atoms with Crippen LogP contribution in [0.4, 0.5) is 5.69 Å². The molecule has 202 valence electrons. The van der Waals surface area contributed by atoms with Crippen LogP contribution >= 0.6 is 23.2 Å². The van der Waals surface area contributed by atoms with Gasteiger partial charge in [0.05, 0.1) is 20.6 Å². The van der Waals surface area contributed by atoms with Crippen molar-refractivity contribution in [2.24, 2.45) is 0 Å². The highest BCUT2D eigenvalue weighted by Crippen LogP contribution is 2.27. The molecule has 0 aliphatic heterocycles. The fraction of sp³-hybridized carbons (Fsp3) is 0.286. The van der Waals surface area contributed by atoms with Crippen LogP contribution in [0.25, 0.3) is 0 Å². The lowest BCUT2D eigenvalue weighted by Crippen LogP contribution is -2.51. The Morgan fingerprint density at radius 1 is 0.921 bits per heavy atom. The molecule has 7 nitrogen and oxygen atoms in total. The van der Waals surface area contributed by atoms with Crippen molar-refractivity contribution in [1.29, 1.82) is 0 Å². The predicted octanol–water partition coefficient (Wildman–Crippen LogP) is 5.36. The number of hydrogen-bond acceptors (Lipinski definition) is 4. The van der Waals surface area contributed by atoms with Crippen molar-refractivity contribution in [3.63, 3.8) is 0 Å². The van der Waals surface area contributed by atoms with Crippen molar-refractivity contribution in [3.8, 4) is 0 Å². The summed E-state index contributed by atoms with van der Waals surface area (Å²) in [7, 11) is -4.11. The fourth-order valence-electron chi connectivity index (χ4n) is 3.89. The number of carbonyl (C=O) groups is 2. The van der Waals surface area contributed by atoms with Gasteiger partial charge >= 0.3 is 0 Å². The summed E-state index contributed by atoms with van der Waals surface area (Å²) in [6.07, 6.45) is 0. The molecule has 38 heavy (non-hydrogen) atoms. The molecule has 0 unspecified atom stereocenters. The second kappa shape index (κ2) is 12.7. The van der Waals surface area contributed by atoms with Gasteiger partial charge in [-0.25, -0.2) is 8.42 Å². The maximum Gasteiger partial charge on any atom is 0.264 e. The molecule has 0 fully saturated rings. The van der Waals surface area contributed by atoms with E-state index >= 15 is 0 Å². The Balaban J connectivity index is 2.04. The van der Waals surface area contributed by atoms with E-state index in [2.05, 4.69) is 5.32 Å². The third-order valence-corrected chi connectivity index (χ3v) is 8.56. The van der Waals surface area contributed by atoms with Crippen molar-refractivity contribution in [2.45, 2.75) is 45.2 Å². The Kier molecular flexibility index (Phi) is 9.82. The van der Waals surface area contributed by atoms with Crippen LogP contribution in [0.1, 0.15) is 30.5 Å². The zero-order valence-electron chi connectivity index (χ0n) is 21.7. The smallest absolute Gasteiger partial charge is 0.264 e. The van der Waals surface area contributed by atoms with Crippen LogP contribution in [-0.2, 0) is 26.2 Å². The van der Waals surface area contributed by atoms with Gasteiger partial charge in [-0.15, -0.1) is 0 Å². The molecule has 0 radical (unpaired) electrons. The Bertz CT molecular complexity index is 1410. The molecule has 0 saturated carbocycles. The number of rotatable bonds is 10. The van der Waals surface area contributed by atoms with Gasteiger partial charge in [-0.05, 0) is 75.2 Å². The van der Waals surface area contributed by atoms with E-state index in [1.54, 1.807) is 62.4 Å². The van der Waals surface area contributed by atoms with E-state index in [1.165, 1.54) is 17.0 Å². The van der Waals surface area contributed by atoms with Gasteiger partial charge in [0.15, 0.2) is 0 Å². The van der Waals surface area contributed by atoms with Crippen LogP contribution in [0.3, 0.4) is 0 Å². The zero-order valence-corrected chi connectivity index (χ0v) is 24.1. The Morgan fingerprint density at radius 3 is 2.21 bits per heavy atom. The minimum absolute atomic E-state index is 0.0280. The molecule has 1 atom stereocenters. The molecule has 0 saturated heterocycles. The average Bonchev–Trinajstić information content (AvgIpc) is 2.87. The standard InChI is InChI=1S/C28H31Cl2N3O4S/c1-5-31-28(35)21(4)32(17-22-11-14-25(29)26(30)16-22)27(34)18-33(23-8-6-7-20(3)15-23)38(36,37)24-12-9-19(2)10-13-24/h6-16,21H,5,17-18H2,1-4H3,(H,31,35)/t21-/m0/s1. The first-order chi connectivity index (χ1) is 17.9. The summed E-state index contributed by atoms with van der Waals surface area (Å²) in [6.45, 7) is 6.99. The van der Waals surface area contributed by atoms with E-state index in [1.807, 2.05) is 19.9 Å². The van der Waals surface area contributed by atoms with Crippen LogP contribution < -0.4 is 9.62 Å². The molecule has 3 aromatic rings. The number of halogens is 2. The molecule has 0 bridgehead atoms. The van der Waals surface area contributed by atoms with Crippen LogP contribution in [0.2, 0.25) is 10.0 Å². The number of carbonyl (C=O) groups excluding carboxylic acids is 2. The lowest BCUT2D eigenvalue weighted by Gasteiger charge is -2.32. The number of amides is 2. The first kappa shape index (κ1) is 29.5. The number of likely N-dealkylation sites (N-methyl/N-ethyl adjacent to an activating group) is 1. The topological polar surface area (TPSA) is 86.8 Å². The van der Waals surface area contributed by atoms with Crippen LogP contribution in [0.5, 0.6) is 0 Å². The first-order valence-electron chi connectivity index (χ1n) is 12.1. The Labute approximate surface area is 234 Å². The van der Waals surface area contributed by atoms with Gasteiger partial charge in [0.1, 0.15) is 12.6 Å². The third-order valence-electron chi connectivity index (χ3n) is 6.03. The summed E-state index contributed by atoms with van der Waals surface area (Å²) in [5, 5.41) is 3.40. The van der Waals surface area contributed by atoms with Gasteiger partial charge in [-0.2, -0.15) is 0 Å². The number of anilines is 1. The van der Waals surface area contributed by atoms with Gasteiger partial charge in [0.25, 0.3) is 10.0 Å². The number of nitrogens with zero attached hydrogens (tertiary/aromatic N) is 2. The van der Waals surface area contributed by atoms with Gasteiger partial charge in [0, 0.05) is 13.1 Å². The lowest BCUT2D eigenvalue weighted by atomic mass is 10.1. The maximum atomic E-state index is 13.8. The SMILES string of the molecule is CCNC(=O)[C@H](C)N(Cc1ccc(Cl)c(Cl)c1)C(=O)CN(c1cccc(C)c1)S(=O)(=O)c1ccc(C)cc1. The predicted molar refractivity (Wildman–Crippen MR) is 152 cm³/mol. The van der Waals surface area contributed by atoms with Crippen LogP contribution in [0, 0.1) is 13.8 Å². The van der Waals surface area contributed by atoms with Crippen molar-refractivity contribution in [3.05, 3.63) is 93.5 Å². The van der Waals surface area contributed by atoms with Gasteiger partial charge in [0.2, 0.25) is 11.8 Å². The van der Waals surface area contributed by atoms with E-state index in [-0.39, 0.29) is 17.3 Å². The van der Waals surface area contributed by atoms with Gasteiger partial charge < -0.3 is 10.2 Å². The lowest BCUT2D eigenvalue weighted by molar-refractivity contribution is -0.139. The third kappa shape index (κ3) is 7.07. The summed E-state index contributed by atoms with van der Waals surface area (Å²) in [5.74, 6) is -0.906. The van der Waals surface area contributed by atoms with Gasteiger partial charge in [-0.3, -0.25) is 13.9 Å². The number of sulfonamides is 1. The molecular formula is C28H31Cl2N3O4S. The molecule has 0 aliphatic carbocycles. The molecule has 3 aromatic carbocycles. The number of nitrogens with one attached hydrogen (secondary N) is 1. The Hall–Kier alpha value is -3.07. The summed E-state index contributed by atoms with van der Waals surface area (Å²) in [4.78, 5) is 28.0. The molecule has 2 amide bonds. The highest BCUT2D eigenvalue weighted by Gasteiger charge is 2.32. The van der Waals surface area contributed by atoms with Crippen molar-refractivity contribution in [2.75, 3.05) is 17.4 Å². The molecule has 1 N–H and O–H groups in total. The fourth-order valence-corrected chi connectivity index (χ4v) is 5.62. The second-order valence-electron chi connectivity index (χ2n) is 9.00. The van der Waals surface area contributed by atoms with E-state index in [9.17, 15) is 18.0 Å². The largest absolute Gasteiger partial charge is 0.355 e. The van der Waals surface area contributed by atoms with E-state index in [0.717, 1.165) is 15.4 Å². The summed E-state index contributed by atoms with van der Waals surface area (Å²) >= 11 is 12.2.